The topological polar surface area (TPSA) is 68.0 Å². The molecule has 0 fully saturated rings. The van der Waals surface area contributed by atoms with Crippen LogP contribution in [0.5, 0.6) is 0 Å². The Morgan fingerprint density at radius 1 is 0.935 bits per heavy atom. The summed E-state index contributed by atoms with van der Waals surface area (Å²) in [4.78, 5) is 16.4. The number of benzene rings is 2. The number of nitrogens with zero attached hydrogens (tertiary/aromatic N) is 3. The summed E-state index contributed by atoms with van der Waals surface area (Å²) in [5.74, 6) is 2.32. The Morgan fingerprint density at radius 3 is 2.23 bits per heavy atom. The first-order valence-corrected chi connectivity index (χ1v) is 11.2. The monoisotopic (exact) mass is 419 g/mol. The SMILES string of the molecule is CC(C)CCc1nc(CCC(C)C)n(Cc2ccc(-c3ccccc3C(=O)O)cc2)n1. The number of carbonyl (C=O) groups is 1. The second-order valence-electron chi connectivity index (χ2n) is 9.01. The number of hydrogen-bond donors (Lipinski definition) is 1. The molecule has 0 aliphatic heterocycles. The quantitative estimate of drug-likeness (QED) is 0.446. The maximum atomic E-state index is 11.5. The van der Waals surface area contributed by atoms with Crippen LogP contribution in [0.4, 0.5) is 0 Å². The lowest BCUT2D eigenvalue weighted by Crippen LogP contribution is -2.08. The van der Waals surface area contributed by atoms with E-state index in [1.54, 1.807) is 12.1 Å². The minimum Gasteiger partial charge on any atom is -0.478 e. The molecule has 0 aliphatic rings. The molecule has 1 N–H and O–H groups in total. The van der Waals surface area contributed by atoms with Crippen LogP contribution in [0.15, 0.2) is 48.5 Å². The van der Waals surface area contributed by atoms with Gasteiger partial charge < -0.3 is 5.11 Å². The second kappa shape index (κ2) is 10.4. The van der Waals surface area contributed by atoms with Crippen molar-refractivity contribution < 1.29 is 9.90 Å². The van der Waals surface area contributed by atoms with Gasteiger partial charge in [-0.1, -0.05) is 70.2 Å². The molecule has 0 unspecified atom stereocenters. The maximum Gasteiger partial charge on any atom is 0.336 e. The van der Waals surface area contributed by atoms with Gasteiger partial charge >= 0.3 is 5.97 Å². The summed E-state index contributed by atoms with van der Waals surface area (Å²) in [5, 5.41) is 14.3. The van der Waals surface area contributed by atoms with Gasteiger partial charge in [0.15, 0.2) is 5.82 Å². The van der Waals surface area contributed by atoms with Crippen molar-refractivity contribution in [3.8, 4) is 11.1 Å². The zero-order chi connectivity index (χ0) is 22.4. The van der Waals surface area contributed by atoms with Gasteiger partial charge in [-0.15, -0.1) is 0 Å². The summed E-state index contributed by atoms with van der Waals surface area (Å²) in [5.41, 5.74) is 3.08. The van der Waals surface area contributed by atoms with E-state index in [-0.39, 0.29) is 0 Å². The molecule has 1 heterocycles. The third kappa shape index (κ3) is 6.27. The van der Waals surface area contributed by atoms with Crippen LogP contribution >= 0.6 is 0 Å². The van der Waals surface area contributed by atoms with Crippen LogP contribution in [0.25, 0.3) is 11.1 Å². The Morgan fingerprint density at radius 2 is 1.58 bits per heavy atom. The molecule has 3 aromatic rings. The van der Waals surface area contributed by atoms with Crippen LogP contribution in [0.3, 0.4) is 0 Å². The van der Waals surface area contributed by atoms with Crippen molar-refractivity contribution in [3.05, 3.63) is 71.3 Å². The predicted molar refractivity (Wildman–Crippen MR) is 124 cm³/mol. The van der Waals surface area contributed by atoms with E-state index >= 15 is 0 Å². The Bertz CT molecular complexity index is 1000. The van der Waals surface area contributed by atoms with Gasteiger partial charge in [0.05, 0.1) is 12.1 Å². The Hall–Kier alpha value is -2.95. The van der Waals surface area contributed by atoms with Crippen LogP contribution in [-0.2, 0) is 19.4 Å². The van der Waals surface area contributed by atoms with Gasteiger partial charge in [-0.25, -0.2) is 14.5 Å². The first-order valence-electron chi connectivity index (χ1n) is 11.2. The number of hydrogen-bond acceptors (Lipinski definition) is 3. The van der Waals surface area contributed by atoms with E-state index in [2.05, 4.69) is 39.8 Å². The number of carboxylic acid groups (broad SMARTS) is 1. The number of aromatic nitrogens is 3. The van der Waals surface area contributed by atoms with Gasteiger partial charge in [-0.3, -0.25) is 0 Å². The second-order valence-corrected chi connectivity index (χ2v) is 9.01. The highest BCUT2D eigenvalue weighted by atomic mass is 16.4. The predicted octanol–water partition coefficient (Wildman–Crippen LogP) is 5.87. The molecule has 0 atom stereocenters. The Labute approximate surface area is 185 Å². The molecule has 0 saturated heterocycles. The molecule has 0 saturated carbocycles. The van der Waals surface area contributed by atoms with E-state index in [9.17, 15) is 9.90 Å². The number of rotatable bonds is 10. The zero-order valence-electron chi connectivity index (χ0n) is 19.0. The standard InChI is InChI=1S/C26H33N3O2/c1-18(2)9-15-24-27-25(16-10-19(3)4)29(28-24)17-20-11-13-21(14-12-20)22-7-5-6-8-23(22)26(30)31/h5-8,11-14,18-19H,9-10,15-17H2,1-4H3,(H,30,31). The molecule has 0 radical (unpaired) electrons. The molecule has 0 amide bonds. The van der Waals surface area contributed by atoms with Crippen LogP contribution in [0.1, 0.15) is 68.1 Å². The van der Waals surface area contributed by atoms with Gasteiger partial charge in [0.2, 0.25) is 0 Å². The van der Waals surface area contributed by atoms with Crippen molar-refractivity contribution in [2.45, 2.75) is 59.9 Å². The van der Waals surface area contributed by atoms with Crippen LogP contribution in [-0.4, -0.2) is 25.8 Å². The average Bonchev–Trinajstić information content (AvgIpc) is 3.13. The zero-order valence-corrected chi connectivity index (χ0v) is 19.0. The van der Waals surface area contributed by atoms with Gasteiger partial charge in [0.25, 0.3) is 0 Å². The minimum absolute atomic E-state index is 0.317. The lowest BCUT2D eigenvalue weighted by atomic mass is 9.99. The number of aryl methyl sites for hydroxylation is 2. The molecule has 2 aromatic carbocycles. The fourth-order valence-corrected chi connectivity index (χ4v) is 3.56. The summed E-state index contributed by atoms with van der Waals surface area (Å²) in [7, 11) is 0. The molecule has 3 rings (SSSR count). The van der Waals surface area contributed by atoms with Crippen molar-refractivity contribution in [3.63, 3.8) is 0 Å². The lowest BCUT2D eigenvalue weighted by Gasteiger charge is -2.10. The van der Waals surface area contributed by atoms with Gasteiger partial charge in [0.1, 0.15) is 5.82 Å². The maximum absolute atomic E-state index is 11.5. The average molecular weight is 420 g/mol. The largest absolute Gasteiger partial charge is 0.478 e. The third-order valence-electron chi connectivity index (χ3n) is 5.44. The van der Waals surface area contributed by atoms with Gasteiger partial charge in [-0.05, 0) is 47.4 Å². The molecular formula is C26H33N3O2. The lowest BCUT2D eigenvalue weighted by molar-refractivity contribution is 0.0697. The highest BCUT2D eigenvalue weighted by Gasteiger charge is 2.13. The van der Waals surface area contributed by atoms with Crippen LogP contribution in [0.2, 0.25) is 0 Å². The highest BCUT2D eigenvalue weighted by molar-refractivity contribution is 5.95. The van der Waals surface area contributed by atoms with E-state index in [1.807, 2.05) is 28.9 Å². The normalized spacial score (nSPS) is 11.4. The molecule has 31 heavy (non-hydrogen) atoms. The van der Waals surface area contributed by atoms with Crippen LogP contribution in [0, 0.1) is 11.8 Å². The summed E-state index contributed by atoms with van der Waals surface area (Å²) in [6, 6.07) is 15.2. The van der Waals surface area contributed by atoms with E-state index < -0.39 is 5.97 Å². The van der Waals surface area contributed by atoms with E-state index in [0.717, 1.165) is 54.0 Å². The molecule has 1 aromatic heterocycles. The number of carboxylic acids is 1. The summed E-state index contributed by atoms with van der Waals surface area (Å²) in [6.07, 6.45) is 4.01. The van der Waals surface area contributed by atoms with Crippen molar-refractivity contribution in [1.29, 1.82) is 0 Å². The minimum atomic E-state index is -0.911. The molecule has 5 heteroatoms. The molecule has 0 aliphatic carbocycles. The van der Waals surface area contributed by atoms with E-state index in [1.165, 1.54) is 0 Å². The highest BCUT2D eigenvalue weighted by Crippen LogP contribution is 2.24. The Balaban J connectivity index is 1.80. The first-order chi connectivity index (χ1) is 14.8. The fraction of sp³-hybridized carbons (Fsp3) is 0.423. The number of aromatic carboxylic acids is 1. The fourth-order valence-electron chi connectivity index (χ4n) is 3.56. The summed E-state index contributed by atoms with van der Waals surface area (Å²) >= 11 is 0. The Kier molecular flexibility index (Phi) is 7.61. The summed E-state index contributed by atoms with van der Waals surface area (Å²) in [6.45, 7) is 9.58. The van der Waals surface area contributed by atoms with Crippen molar-refractivity contribution in [2.24, 2.45) is 11.8 Å². The van der Waals surface area contributed by atoms with Gasteiger partial charge in [-0.2, -0.15) is 5.10 Å². The van der Waals surface area contributed by atoms with Crippen molar-refractivity contribution in [2.75, 3.05) is 0 Å². The molecule has 5 nitrogen and oxygen atoms in total. The van der Waals surface area contributed by atoms with E-state index in [4.69, 9.17) is 10.1 Å². The molecule has 0 bridgehead atoms. The van der Waals surface area contributed by atoms with Crippen LogP contribution < -0.4 is 0 Å². The molecule has 0 spiro atoms. The van der Waals surface area contributed by atoms with Crippen molar-refractivity contribution in [1.82, 2.24) is 14.8 Å². The smallest absolute Gasteiger partial charge is 0.336 e. The summed E-state index contributed by atoms with van der Waals surface area (Å²) < 4.78 is 2.04. The van der Waals surface area contributed by atoms with Crippen molar-refractivity contribution >= 4 is 5.97 Å². The molecular weight excluding hydrogens is 386 g/mol. The van der Waals surface area contributed by atoms with Gasteiger partial charge in [0, 0.05) is 12.8 Å². The van der Waals surface area contributed by atoms with E-state index in [0.29, 0.717) is 23.9 Å². The first kappa shape index (κ1) is 22.7. The molecule has 164 valence electrons. The third-order valence-corrected chi connectivity index (χ3v) is 5.44.